The fourth-order valence-electron chi connectivity index (χ4n) is 3.84. The quantitative estimate of drug-likeness (QED) is 0.654. The Bertz CT molecular complexity index is 1210. The Kier molecular flexibility index (Phi) is 5.93. The summed E-state index contributed by atoms with van der Waals surface area (Å²) in [4.78, 5) is 13.1. The molecule has 1 saturated heterocycles. The highest BCUT2D eigenvalue weighted by Crippen LogP contribution is 2.24. The van der Waals surface area contributed by atoms with Crippen molar-refractivity contribution in [2.24, 2.45) is 0 Å². The van der Waals surface area contributed by atoms with Crippen LogP contribution in [0.3, 0.4) is 0 Å². The lowest BCUT2D eigenvalue weighted by Gasteiger charge is -2.26. The first kappa shape index (κ1) is 21.3. The monoisotopic (exact) mass is 438 g/mol. The second-order valence-electron chi connectivity index (χ2n) is 7.84. The average molecular weight is 439 g/mol. The average Bonchev–Trinajstić information content (AvgIpc) is 3.16. The number of anilines is 1. The highest BCUT2D eigenvalue weighted by Gasteiger charge is 2.26. The highest BCUT2D eigenvalue weighted by molar-refractivity contribution is 7.89. The second-order valence-corrected chi connectivity index (χ2v) is 9.78. The minimum atomic E-state index is -3.56. The van der Waals surface area contributed by atoms with Crippen molar-refractivity contribution in [1.29, 1.82) is 0 Å². The van der Waals surface area contributed by atoms with Crippen molar-refractivity contribution in [3.8, 4) is 5.69 Å². The number of hydrogen-bond acceptors (Lipinski definition) is 4. The zero-order valence-electron chi connectivity index (χ0n) is 17.7. The molecule has 2 aromatic carbocycles. The summed E-state index contributed by atoms with van der Waals surface area (Å²) in [5.41, 5.74) is 3.56. The predicted molar refractivity (Wildman–Crippen MR) is 120 cm³/mol. The van der Waals surface area contributed by atoms with Crippen LogP contribution in [-0.4, -0.2) is 41.5 Å². The van der Waals surface area contributed by atoms with Gasteiger partial charge in [-0.3, -0.25) is 4.79 Å². The van der Waals surface area contributed by atoms with Gasteiger partial charge in [-0.1, -0.05) is 24.6 Å². The van der Waals surface area contributed by atoms with E-state index in [1.807, 2.05) is 38.1 Å². The van der Waals surface area contributed by atoms with E-state index in [1.54, 1.807) is 22.9 Å². The Hall–Kier alpha value is -2.97. The topological polar surface area (TPSA) is 84.3 Å². The number of benzene rings is 2. The molecule has 0 aliphatic carbocycles. The van der Waals surface area contributed by atoms with Gasteiger partial charge in [-0.25, -0.2) is 13.1 Å². The normalized spacial score (nSPS) is 15.0. The van der Waals surface area contributed by atoms with Crippen LogP contribution < -0.4 is 5.32 Å². The van der Waals surface area contributed by atoms with Gasteiger partial charge < -0.3 is 5.32 Å². The molecule has 4 rings (SSSR count). The lowest BCUT2D eigenvalue weighted by Crippen LogP contribution is -2.35. The summed E-state index contributed by atoms with van der Waals surface area (Å²) < 4.78 is 29.1. The molecule has 0 atom stereocenters. The van der Waals surface area contributed by atoms with E-state index in [1.165, 1.54) is 16.6 Å². The summed E-state index contributed by atoms with van der Waals surface area (Å²) in [5.74, 6) is -0.330. The van der Waals surface area contributed by atoms with Crippen molar-refractivity contribution in [2.75, 3.05) is 18.4 Å². The molecule has 8 heteroatoms. The Morgan fingerprint density at radius 1 is 1.00 bits per heavy atom. The number of sulfonamides is 1. The number of aryl methyl sites for hydroxylation is 1. The summed E-state index contributed by atoms with van der Waals surface area (Å²) >= 11 is 0. The van der Waals surface area contributed by atoms with Crippen LogP contribution in [0.15, 0.2) is 59.6 Å². The largest absolute Gasteiger partial charge is 0.322 e. The number of amides is 1. The summed E-state index contributed by atoms with van der Waals surface area (Å²) in [6.45, 7) is 4.91. The Labute approximate surface area is 182 Å². The van der Waals surface area contributed by atoms with Crippen molar-refractivity contribution >= 4 is 21.6 Å². The summed E-state index contributed by atoms with van der Waals surface area (Å²) in [6, 6.07) is 14.3. The summed E-state index contributed by atoms with van der Waals surface area (Å²) in [6.07, 6.45) is 4.33. The van der Waals surface area contributed by atoms with Gasteiger partial charge in [0.25, 0.3) is 5.91 Å². The number of hydrogen-bond donors (Lipinski definition) is 1. The molecule has 31 heavy (non-hydrogen) atoms. The molecule has 1 aliphatic heterocycles. The Morgan fingerprint density at radius 2 is 1.74 bits per heavy atom. The zero-order chi connectivity index (χ0) is 22.0. The fraction of sp³-hybridized carbons (Fsp3) is 0.304. The third-order valence-electron chi connectivity index (χ3n) is 5.55. The third kappa shape index (κ3) is 4.40. The van der Waals surface area contributed by atoms with Crippen LogP contribution in [0.1, 0.15) is 40.9 Å². The second kappa shape index (κ2) is 8.64. The van der Waals surface area contributed by atoms with E-state index in [4.69, 9.17) is 0 Å². The maximum absolute atomic E-state index is 12.9. The van der Waals surface area contributed by atoms with E-state index in [2.05, 4.69) is 10.4 Å². The molecule has 0 saturated carbocycles. The van der Waals surface area contributed by atoms with E-state index >= 15 is 0 Å². The summed E-state index contributed by atoms with van der Waals surface area (Å²) in [7, 11) is -3.56. The fourth-order valence-corrected chi connectivity index (χ4v) is 5.40. The molecular formula is C23H26N4O3S. The van der Waals surface area contributed by atoms with Gasteiger partial charge in [0.1, 0.15) is 0 Å². The minimum Gasteiger partial charge on any atom is -0.322 e. The number of rotatable bonds is 5. The van der Waals surface area contributed by atoms with Gasteiger partial charge in [0.15, 0.2) is 0 Å². The van der Waals surface area contributed by atoms with E-state index in [-0.39, 0.29) is 10.8 Å². The standard InChI is InChI=1S/C23H26N4O3S/c1-17-8-6-10-20(14-17)27-18(2)22(16-24-27)23(28)25-19-9-7-11-21(15-19)31(29,30)26-12-4-3-5-13-26/h6-11,14-16H,3-5,12-13H2,1-2H3,(H,25,28). The number of aromatic nitrogens is 2. The first-order valence-corrected chi connectivity index (χ1v) is 11.8. The molecule has 7 nitrogen and oxygen atoms in total. The van der Waals surface area contributed by atoms with Crippen LogP contribution in [0.4, 0.5) is 5.69 Å². The molecule has 1 aliphatic rings. The first-order chi connectivity index (χ1) is 14.9. The Balaban J connectivity index is 1.55. The molecule has 0 spiro atoms. The molecule has 0 radical (unpaired) electrons. The minimum absolute atomic E-state index is 0.194. The molecule has 0 unspecified atom stereocenters. The van der Waals surface area contributed by atoms with Crippen molar-refractivity contribution in [3.05, 3.63) is 71.5 Å². The van der Waals surface area contributed by atoms with Gasteiger partial charge in [0, 0.05) is 18.8 Å². The van der Waals surface area contributed by atoms with E-state index in [0.717, 1.165) is 30.5 Å². The van der Waals surface area contributed by atoms with Gasteiger partial charge in [-0.2, -0.15) is 9.40 Å². The van der Waals surface area contributed by atoms with Crippen LogP contribution >= 0.6 is 0 Å². The van der Waals surface area contributed by atoms with Crippen molar-refractivity contribution in [2.45, 2.75) is 38.0 Å². The van der Waals surface area contributed by atoms with Crippen LogP contribution in [0.5, 0.6) is 0 Å². The van der Waals surface area contributed by atoms with Gasteiger partial charge >= 0.3 is 0 Å². The van der Waals surface area contributed by atoms with Crippen LogP contribution in [0, 0.1) is 13.8 Å². The molecule has 0 bridgehead atoms. The van der Waals surface area contributed by atoms with E-state index < -0.39 is 10.0 Å². The zero-order valence-corrected chi connectivity index (χ0v) is 18.5. The maximum atomic E-state index is 12.9. The molecule has 1 aromatic heterocycles. The smallest absolute Gasteiger partial charge is 0.259 e. The molecule has 2 heterocycles. The van der Waals surface area contributed by atoms with Crippen LogP contribution in [0.2, 0.25) is 0 Å². The van der Waals surface area contributed by atoms with Crippen LogP contribution in [-0.2, 0) is 10.0 Å². The molecule has 1 N–H and O–H groups in total. The summed E-state index contributed by atoms with van der Waals surface area (Å²) in [5, 5.41) is 7.18. The molecule has 162 valence electrons. The van der Waals surface area contributed by atoms with Gasteiger partial charge in [0.2, 0.25) is 10.0 Å². The van der Waals surface area contributed by atoms with Crippen molar-refractivity contribution in [3.63, 3.8) is 0 Å². The first-order valence-electron chi connectivity index (χ1n) is 10.4. The molecule has 3 aromatic rings. The van der Waals surface area contributed by atoms with Crippen LogP contribution in [0.25, 0.3) is 5.69 Å². The lowest BCUT2D eigenvalue weighted by atomic mass is 10.2. The number of carbonyl (C=O) groups is 1. The number of piperidine rings is 1. The van der Waals surface area contributed by atoms with Gasteiger partial charge in [0.05, 0.1) is 28.0 Å². The number of carbonyl (C=O) groups excluding carboxylic acids is 1. The Morgan fingerprint density at radius 3 is 2.48 bits per heavy atom. The highest BCUT2D eigenvalue weighted by atomic mass is 32.2. The SMILES string of the molecule is Cc1cccc(-n2ncc(C(=O)Nc3cccc(S(=O)(=O)N4CCCCC4)c3)c2C)c1. The van der Waals surface area contributed by atoms with Crippen molar-refractivity contribution in [1.82, 2.24) is 14.1 Å². The molecule has 1 fully saturated rings. The van der Waals surface area contributed by atoms with Gasteiger partial charge in [-0.15, -0.1) is 0 Å². The molecule has 1 amide bonds. The van der Waals surface area contributed by atoms with E-state index in [0.29, 0.717) is 30.0 Å². The predicted octanol–water partition coefficient (Wildman–Crippen LogP) is 3.92. The van der Waals surface area contributed by atoms with Gasteiger partial charge in [-0.05, 0) is 62.6 Å². The lowest BCUT2D eigenvalue weighted by molar-refractivity contribution is 0.102. The number of nitrogens with zero attached hydrogens (tertiary/aromatic N) is 3. The van der Waals surface area contributed by atoms with E-state index in [9.17, 15) is 13.2 Å². The molecular weight excluding hydrogens is 412 g/mol. The number of nitrogens with one attached hydrogen (secondary N) is 1. The third-order valence-corrected chi connectivity index (χ3v) is 7.44. The van der Waals surface area contributed by atoms with Crippen molar-refractivity contribution < 1.29 is 13.2 Å². The maximum Gasteiger partial charge on any atom is 0.259 e.